The Kier molecular flexibility index (Phi) is 5.60. The van der Waals surface area contributed by atoms with Gasteiger partial charge in [0.05, 0.1) is 16.6 Å². The zero-order valence-electron chi connectivity index (χ0n) is 14.9. The molecule has 0 saturated heterocycles. The average molecular weight is 404 g/mol. The minimum absolute atomic E-state index is 0.0232. The molecule has 0 spiro atoms. The van der Waals surface area contributed by atoms with E-state index in [0.29, 0.717) is 29.0 Å². The molecule has 0 aliphatic heterocycles. The molecular formula is C21H22ClNO3S. The predicted octanol–water partition coefficient (Wildman–Crippen LogP) is 5.54. The highest BCUT2D eigenvalue weighted by molar-refractivity contribution is 7.99. The number of aromatic nitrogens is 1. The van der Waals surface area contributed by atoms with Gasteiger partial charge < -0.3 is 9.84 Å². The second-order valence-electron chi connectivity index (χ2n) is 7.25. The van der Waals surface area contributed by atoms with Crippen LogP contribution in [0, 0.1) is 5.92 Å². The van der Waals surface area contributed by atoms with Gasteiger partial charge in [-0.25, -0.2) is 4.98 Å². The number of hydrogen-bond acceptors (Lipinski definition) is 4. The molecule has 0 amide bonds. The Labute approximate surface area is 168 Å². The van der Waals surface area contributed by atoms with Crippen molar-refractivity contribution in [3.8, 4) is 5.75 Å². The molecule has 4 rings (SSSR count). The molecular weight excluding hydrogens is 382 g/mol. The van der Waals surface area contributed by atoms with Crippen molar-refractivity contribution in [1.82, 2.24) is 4.98 Å². The lowest BCUT2D eigenvalue weighted by molar-refractivity contribution is -0.138. The number of rotatable bonds is 7. The van der Waals surface area contributed by atoms with Crippen LogP contribution >= 0.6 is 23.4 Å². The van der Waals surface area contributed by atoms with Crippen LogP contribution in [0.2, 0.25) is 5.02 Å². The van der Waals surface area contributed by atoms with Crippen molar-refractivity contribution in [2.24, 2.45) is 5.92 Å². The number of ether oxygens (including phenoxy) is 1. The number of halogens is 1. The number of hydrogen-bond donors (Lipinski definition) is 1. The van der Waals surface area contributed by atoms with Crippen molar-refractivity contribution in [2.45, 2.75) is 54.9 Å². The predicted molar refractivity (Wildman–Crippen MR) is 107 cm³/mol. The molecule has 4 nitrogen and oxygen atoms in total. The van der Waals surface area contributed by atoms with E-state index >= 15 is 0 Å². The van der Waals surface area contributed by atoms with Gasteiger partial charge in [0, 0.05) is 10.3 Å². The molecule has 1 aromatic carbocycles. The summed E-state index contributed by atoms with van der Waals surface area (Å²) in [5.74, 6) is -0.363. The van der Waals surface area contributed by atoms with E-state index in [0.717, 1.165) is 16.3 Å². The lowest BCUT2D eigenvalue weighted by Crippen LogP contribution is -2.01. The monoisotopic (exact) mass is 403 g/mol. The van der Waals surface area contributed by atoms with Gasteiger partial charge in [0.25, 0.3) is 0 Å². The molecule has 2 fully saturated rings. The van der Waals surface area contributed by atoms with E-state index in [1.165, 1.54) is 25.7 Å². The van der Waals surface area contributed by atoms with Crippen LogP contribution in [0.3, 0.4) is 0 Å². The first-order valence-corrected chi connectivity index (χ1v) is 10.6. The van der Waals surface area contributed by atoms with Crippen molar-refractivity contribution in [3.05, 3.63) is 52.7 Å². The van der Waals surface area contributed by atoms with E-state index in [1.807, 2.05) is 36.0 Å². The molecule has 1 aromatic heterocycles. The maximum atomic E-state index is 11.0. The molecule has 2 aliphatic carbocycles. The largest absolute Gasteiger partial charge is 0.487 e. The molecule has 2 aliphatic rings. The Morgan fingerprint density at radius 2 is 2.07 bits per heavy atom. The van der Waals surface area contributed by atoms with Gasteiger partial charge >= 0.3 is 5.97 Å². The van der Waals surface area contributed by atoms with Crippen LogP contribution in [0.5, 0.6) is 5.75 Å². The Morgan fingerprint density at radius 1 is 1.26 bits per heavy atom. The summed E-state index contributed by atoms with van der Waals surface area (Å²) in [5.41, 5.74) is 1.79. The lowest BCUT2D eigenvalue weighted by Gasteiger charge is -2.11. The number of carboxylic acids is 1. The number of thioether (sulfide) groups is 1. The first-order chi connectivity index (χ1) is 13.1. The third kappa shape index (κ3) is 4.58. The maximum Gasteiger partial charge on any atom is 0.307 e. The SMILES string of the molecule is O=C(O)C1CC1c1ccc(OCc2cccc(SC3CCCC3)n2)cc1Cl. The molecule has 2 unspecified atom stereocenters. The Balaban J connectivity index is 1.36. The highest BCUT2D eigenvalue weighted by Gasteiger charge is 2.45. The second kappa shape index (κ2) is 8.11. The summed E-state index contributed by atoms with van der Waals surface area (Å²) >= 11 is 8.21. The van der Waals surface area contributed by atoms with Crippen molar-refractivity contribution in [1.29, 1.82) is 0 Å². The number of carbonyl (C=O) groups is 1. The molecule has 0 bridgehead atoms. The summed E-state index contributed by atoms with van der Waals surface area (Å²) in [7, 11) is 0. The third-order valence-electron chi connectivity index (χ3n) is 5.24. The van der Waals surface area contributed by atoms with Crippen LogP contribution in [-0.2, 0) is 11.4 Å². The number of nitrogens with zero attached hydrogens (tertiary/aromatic N) is 1. The fraction of sp³-hybridized carbons (Fsp3) is 0.429. The Bertz CT molecular complexity index is 838. The van der Waals surface area contributed by atoms with E-state index in [9.17, 15) is 4.79 Å². The summed E-state index contributed by atoms with van der Waals surface area (Å²) in [5, 5.41) is 11.4. The maximum absolute atomic E-state index is 11.0. The standard InChI is InChI=1S/C21H22ClNO3S/c22-19-10-14(8-9-16(19)17-11-18(17)21(24)25)26-12-13-4-3-7-20(23-13)27-15-5-1-2-6-15/h3-4,7-10,15,17-18H,1-2,5-6,11-12H2,(H,24,25). The quantitative estimate of drug-likeness (QED) is 0.657. The van der Waals surface area contributed by atoms with Crippen LogP contribution < -0.4 is 4.74 Å². The Hall–Kier alpha value is -1.72. The van der Waals surface area contributed by atoms with Crippen LogP contribution in [0.1, 0.15) is 49.3 Å². The van der Waals surface area contributed by atoms with Gasteiger partial charge in [-0.2, -0.15) is 0 Å². The van der Waals surface area contributed by atoms with Crippen LogP contribution in [0.15, 0.2) is 41.4 Å². The van der Waals surface area contributed by atoms with Crippen LogP contribution in [0.25, 0.3) is 0 Å². The first kappa shape index (κ1) is 18.6. The fourth-order valence-electron chi connectivity index (χ4n) is 3.65. The van der Waals surface area contributed by atoms with Crippen molar-refractivity contribution in [2.75, 3.05) is 0 Å². The smallest absolute Gasteiger partial charge is 0.307 e. The van der Waals surface area contributed by atoms with E-state index < -0.39 is 5.97 Å². The van der Waals surface area contributed by atoms with Gasteiger partial charge in [-0.3, -0.25) is 4.79 Å². The van der Waals surface area contributed by atoms with Gasteiger partial charge in [0.1, 0.15) is 12.4 Å². The number of pyridine rings is 1. The summed E-state index contributed by atoms with van der Waals surface area (Å²) in [6.07, 6.45) is 5.87. The highest BCUT2D eigenvalue weighted by Crippen LogP contribution is 2.50. The first-order valence-electron chi connectivity index (χ1n) is 9.38. The van der Waals surface area contributed by atoms with Crippen LogP contribution in [0.4, 0.5) is 0 Å². The lowest BCUT2D eigenvalue weighted by atomic mass is 10.1. The minimum atomic E-state index is -0.752. The molecule has 1 heterocycles. The van der Waals surface area contributed by atoms with Gasteiger partial charge in [-0.1, -0.05) is 36.6 Å². The second-order valence-corrected chi connectivity index (χ2v) is 8.98. The van der Waals surface area contributed by atoms with Crippen LogP contribution in [-0.4, -0.2) is 21.3 Å². The van der Waals surface area contributed by atoms with E-state index in [-0.39, 0.29) is 11.8 Å². The molecule has 27 heavy (non-hydrogen) atoms. The van der Waals surface area contributed by atoms with Crippen molar-refractivity contribution < 1.29 is 14.6 Å². The summed E-state index contributed by atoms with van der Waals surface area (Å²) in [6, 6.07) is 11.6. The molecule has 6 heteroatoms. The van der Waals surface area contributed by atoms with Gasteiger partial charge in [0.15, 0.2) is 0 Å². The zero-order valence-corrected chi connectivity index (χ0v) is 16.5. The molecule has 142 valence electrons. The molecule has 2 saturated carbocycles. The summed E-state index contributed by atoms with van der Waals surface area (Å²) < 4.78 is 5.85. The number of aliphatic carboxylic acids is 1. The molecule has 2 aromatic rings. The Morgan fingerprint density at radius 3 is 2.78 bits per heavy atom. The topological polar surface area (TPSA) is 59.4 Å². The highest BCUT2D eigenvalue weighted by atomic mass is 35.5. The van der Waals surface area contributed by atoms with E-state index in [2.05, 4.69) is 6.07 Å². The normalized spacial score (nSPS) is 22.0. The zero-order chi connectivity index (χ0) is 18.8. The van der Waals surface area contributed by atoms with Gasteiger partial charge in [-0.15, -0.1) is 11.8 Å². The van der Waals surface area contributed by atoms with Crippen molar-refractivity contribution >= 4 is 29.3 Å². The van der Waals surface area contributed by atoms with E-state index in [1.54, 1.807) is 6.07 Å². The number of carboxylic acid groups (broad SMARTS) is 1. The van der Waals surface area contributed by atoms with Gasteiger partial charge in [-0.05, 0) is 55.0 Å². The average Bonchev–Trinajstić information content (AvgIpc) is 3.29. The number of benzene rings is 1. The third-order valence-corrected chi connectivity index (χ3v) is 6.84. The summed E-state index contributed by atoms with van der Waals surface area (Å²) in [6.45, 7) is 0.385. The minimum Gasteiger partial charge on any atom is -0.487 e. The molecule has 2 atom stereocenters. The van der Waals surface area contributed by atoms with Crippen molar-refractivity contribution in [3.63, 3.8) is 0 Å². The molecule has 1 N–H and O–H groups in total. The molecule has 0 radical (unpaired) electrons. The summed E-state index contributed by atoms with van der Waals surface area (Å²) in [4.78, 5) is 15.7. The van der Waals surface area contributed by atoms with Gasteiger partial charge in [0.2, 0.25) is 0 Å². The van der Waals surface area contributed by atoms with E-state index in [4.69, 9.17) is 26.4 Å². The fourth-order valence-corrected chi connectivity index (χ4v) is 5.20.